The van der Waals surface area contributed by atoms with Gasteiger partial charge in [-0.25, -0.2) is 4.98 Å². The standard InChI is InChI=1S/C26H25N3O3S/c1-16(2)32-25-21(19(15-30)13-18-14-29-23-6-4-3-5-20(18)23)11-17(12-22(25)26(27)31)7-8-24-28-9-10-33-24/h3-6,9-12,14,16,19,29-30H,13,15H2,1-2H3,(H2,27,31)/t19-/m0/s1. The number of ether oxygens (including phenoxy) is 1. The van der Waals surface area contributed by atoms with Crippen molar-refractivity contribution in [3.8, 4) is 17.6 Å². The smallest absolute Gasteiger partial charge is 0.252 e. The van der Waals surface area contributed by atoms with Crippen LogP contribution in [-0.2, 0) is 6.42 Å². The molecule has 2 heterocycles. The molecule has 0 aliphatic rings. The van der Waals surface area contributed by atoms with Crippen molar-refractivity contribution in [1.29, 1.82) is 0 Å². The van der Waals surface area contributed by atoms with Gasteiger partial charge in [-0.2, -0.15) is 0 Å². The summed E-state index contributed by atoms with van der Waals surface area (Å²) in [6.45, 7) is 3.65. The number of hydrogen-bond donors (Lipinski definition) is 3. The molecule has 4 aromatic rings. The van der Waals surface area contributed by atoms with E-state index in [9.17, 15) is 9.90 Å². The van der Waals surface area contributed by atoms with Gasteiger partial charge < -0.3 is 20.6 Å². The zero-order chi connectivity index (χ0) is 23.4. The zero-order valence-corrected chi connectivity index (χ0v) is 19.3. The molecule has 0 bridgehead atoms. The van der Waals surface area contributed by atoms with Crippen molar-refractivity contribution >= 4 is 28.1 Å². The lowest BCUT2D eigenvalue weighted by Gasteiger charge is -2.23. The molecule has 168 valence electrons. The molecule has 0 aliphatic carbocycles. The number of aliphatic hydroxyl groups excluding tert-OH is 1. The highest BCUT2D eigenvalue weighted by molar-refractivity contribution is 7.10. The Labute approximate surface area is 196 Å². The predicted molar refractivity (Wildman–Crippen MR) is 131 cm³/mol. The van der Waals surface area contributed by atoms with Gasteiger partial charge in [-0.3, -0.25) is 4.79 Å². The molecular formula is C26H25N3O3S. The average Bonchev–Trinajstić information content (AvgIpc) is 3.46. The van der Waals surface area contributed by atoms with E-state index in [1.165, 1.54) is 11.3 Å². The van der Waals surface area contributed by atoms with E-state index in [4.69, 9.17) is 10.5 Å². The van der Waals surface area contributed by atoms with Crippen LogP contribution < -0.4 is 10.5 Å². The van der Waals surface area contributed by atoms with Crippen molar-refractivity contribution in [2.24, 2.45) is 5.73 Å². The van der Waals surface area contributed by atoms with Gasteiger partial charge in [0, 0.05) is 45.7 Å². The van der Waals surface area contributed by atoms with Gasteiger partial charge in [0.25, 0.3) is 5.91 Å². The van der Waals surface area contributed by atoms with Gasteiger partial charge in [0.2, 0.25) is 0 Å². The quantitative estimate of drug-likeness (QED) is 0.360. The number of rotatable bonds is 7. The summed E-state index contributed by atoms with van der Waals surface area (Å²) >= 11 is 1.44. The summed E-state index contributed by atoms with van der Waals surface area (Å²) in [4.78, 5) is 19.8. The summed E-state index contributed by atoms with van der Waals surface area (Å²) in [5.74, 6) is 5.57. The molecule has 0 radical (unpaired) electrons. The summed E-state index contributed by atoms with van der Waals surface area (Å²) in [7, 11) is 0. The van der Waals surface area contributed by atoms with E-state index in [0.717, 1.165) is 16.5 Å². The van der Waals surface area contributed by atoms with Crippen LogP contribution in [-0.4, -0.2) is 33.7 Å². The number of thiazole rings is 1. The average molecular weight is 460 g/mol. The minimum Gasteiger partial charge on any atom is -0.490 e. The molecule has 1 atom stereocenters. The van der Waals surface area contributed by atoms with Crippen LogP contribution in [0.2, 0.25) is 0 Å². The van der Waals surface area contributed by atoms with Gasteiger partial charge in [-0.15, -0.1) is 11.3 Å². The summed E-state index contributed by atoms with van der Waals surface area (Å²) in [5.41, 5.74) is 9.40. The van der Waals surface area contributed by atoms with Crippen molar-refractivity contribution in [2.75, 3.05) is 6.61 Å². The number of nitrogens with zero attached hydrogens (tertiary/aromatic N) is 1. The van der Waals surface area contributed by atoms with Gasteiger partial charge in [-0.1, -0.05) is 24.1 Å². The number of amides is 1. The number of aromatic nitrogens is 2. The van der Waals surface area contributed by atoms with Gasteiger partial charge in [0.05, 0.1) is 18.3 Å². The van der Waals surface area contributed by atoms with E-state index >= 15 is 0 Å². The first-order valence-electron chi connectivity index (χ1n) is 10.7. The number of benzene rings is 2. The van der Waals surface area contributed by atoms with Crippen LogP contribution in [0.15, 0.2) is 54.2 Å². The van der Waals surface area contributed by atoms with Gasteiger partial charge >= 0.3 is 0 Å². The molecule has 0 unspecified atom stereocenters. The highest BCUT2D eigenvalue weighted by atomic mass is 32.1. The zero-order valence-electron chi connectivity index (χ0n) is 18.5. The maximum Gasteiger partial charge on any atom is 0.252 e. The normalized spacial score (nSPS) is 11.9. The molecule has 2 aromatic carbocycles. The van der Waals surface area contributed by atoms with Gasteiger partial charge in [0.1, 0.15) is 5.75 Å². The predicted octanol–water partition coefficient (Wildman–Crippen LogP) is 4.23. The Morgan fingerprint density at radius 2 is 2.09 bits per heavy atom. The van der Waals surface area contributed by atoms with Gasteiger partial charge in [-0.05, 0) is 50.0 Å². The first-order valence-corrected chi connectivity index (χ1v) is 11.6. The monoisotopic (exact) mass is 459 g/mol. The lowest BCUT2D eigenvalue weighted by molar-refractivity contribution is 0.0994. The van der Waals surface area contributed by atoms with E-state index in [2.05, 4.69) is 21.8 Å². The van der Waals surface area contributed by atoms with Crippen molar-refractivity contribution < 1.29 is 14.6 Å². The fraction of sp³-hybridized carbons (Fsp3) is 0.231. The maximum atomic E-state index is 12.4. The van der Waals surface area contributed by atoms with Crippen LogP contribution in [0.1, 0.15) is 51.8 Å². The molecule has 7 heteroatoms. The largest absolute Gasteiger partial charge is 0.490 e. The van der Waals surface area contributed by atoms with Crippen molar-refractivity contribution in [1.82, 2.24) is 9.97 Å². The number of nitrogens with two attached hydrogens (primary N) is 1. The van der Waals surface area contributed by atoms with Gasteiger partial charge in [0.15, 0.2) is 5.01 Å². The van der Waals surface area contributed by atoms with Crippen LogP contribution in [0.4, 0.5) is 0 Å². The Bertz CT molecular complexity index is 1330. The fourth-order valence-electron chi connectivity index (χ4n) is 3.83. The second-order valence-corrected chi connectivity index (χ2v) is 8.90. The SMILES string of the molecule is CC(C)Oc1c(C(N)=O)cc(C#Cc2nccs2)cc1[C@H](CO)Cc1c[nH]c2ccccc12. The molecule has 6 nitrogen and oxygen atoms in total. The number of hydrogen-bond acceptors (Lipinski definition) is 5. The molecule has 33 heavy (non-hydrogen) atoms. The highest BCUT2D eigenvalue weighted by Gasteiger charge is 2.24. The summed E-state index contributed by atoms with van der Waals surface area (Å²) in [6, 6.07) is 11.5. The Balaban J connectivity index is 1.82. The molecule has 1 amide bonds. The van der Waals surface area contributed by atoms with Crippen LogP contribution in [0, 0.1) is 11.8 Å². The number of carbonyl (C=O) groups excluding carboxylic acids is 1. The topological polar surface area (TPSA) is 101 Å². The molecule has 0 fully saturated rings. The molecule has 4 rings (SSSR count). The summed E-state index contributed by atoms with van der Waals surface area (Å²) in [6.07, 6.45) is 4.02. The van der Waals surface area contributed by atoms with E-state index in [-0.39, 0.29) is 24.2 Å². The van der Waals surface area contributed by atoms with Crippen LogP contribution in [0.25, 0.3) is 10.9 Å². The van der Waals surface area contributed by atoms with Crippen LogP contribution >= 0.6 is 11.3 Å². The fourth-order valence-corrected chi connectivity index (χ4v) is 4.31. The number of primary amides is 1. The lowest BCUT2D eigenvalue weighted by atomic mass is 9.88. The van der Waals surface area contributed by atoms with Crippen molar-refractivity contribution in [2.45, 2.75) is 32.3 Å². The molecule has 0 spiro atoms. The highest BCUT2D eigenvalue weighted by Crippen LogP contribution is 2.35. The molecule has 0 saturated heterocycles. The number of carbonyl (C=O) groups is 1. The number of nitrogens with one attached hydrogen (secondary N) is 1. The van der Waals surface area contributed by atoms with Crippen molar-refractivity contribution in [3.63, 3.8) is 0 Å². The van der Waals surface area contributed by atoms with E-state index in [0.29, 0.717) is 28.3 Å². The second-order valence-electron chi connectivity index (χ2n) is 8.00. The summed E-state index contributed by atoms with van der Waals surface area (Å²) < 4.78 is 6.05. The minimum atomic E-state index is -0.603. The Morgan fingerprint density at radius 1 is 1.27 bits per heavy atom. The number of para-hydroxylation sites is 1. The number of fused-ring (bicyclic) bond motifs is 1. The second kappa shape index (κ2) is 9.90. The van der Waals surface area contributed by atoms with E-state index in [1.807, 2.05) is 55.8 Å². The third kappa shape index (κ3) is 5.08. The molecule has 2 aromatic heterocycles. The summed E-state index contributed by atoms with van der Waals surface area (Å²) in [5, 5.41) is 14.0. The van der Waals surface area contributed by atoms with E-state index < -0.39 is 5.91 Å². The first kappa shape index (κ1) is 22.6. The van der Waals surface area contributed by atoms with Crippen LogP contribution in [0.5, 0.6) is 5.75 Å². The van der Waals surface area contributed by atoms with Crippen LogP contribution in [0.3, 0.4) is 0 Å². The Kier molecular flexibility index (Phi) is 6.78. The molecule has 0 aliphatic heterocycles. The third-order valence-electron chi connectivity index (χ3n) is 5.28. The Morgan fingerprint density at radius 3 is 2.79 bits per heavy atom. The minimum absolute atomic E-state index is 0.129. The third-order valence-corrected chi connectivity index (χ3v) is 5.97. The van der Waals surface area contributed by atoms with Crippen molar-refractivity contribution in [3.05, 3.63) is 81.4 Å². The lowest BCUT2D eigenvalue weighted by Crippen LogP contribution is -2.19. The number of aliphatic hydroxyl groups is 1. The van der Waals surface area contributed by atoms with E-state index in [1.54, 1.807) is 12.3 Å². The number of H-pyrrole nitrogens is 1. The Hall–Kier alpha value is -3.60. The first-order chi connectivity index (χ1) is 16.0. The number of aromatic amines is 1. The molecule has 4 N–H and O–H groups in total. The maximum absolute atomic E-state index is 12.4. The molecular weight excluding hydrogens is 434 g/mol. The molecule has 0 saturated carbocycles.